The van der Waals surface area contributed by atoms with Crippen LogP contribution in [0.15, 0.2) is 0 Å². The van der Waals surface area contributed by atoms with Crippen molar-refractivity contribution in [2.45, 2.75) is 59.3 Å². The molecule has 0 aliphatic carbocycles. The average molecular weight is 294 g/mol. The number of amides is 1. The van der Waals surface area contributed by atoms with Crippen molar-refractivity contribution in [1.82, 2.24) is 10.2 Å². The molecule has 3 unspecified atom stereocenters. The van der Waals surface area contributed by atoms with Crippen LogP contribution in [0.25, 0.3) is 0 Å². The van der Waals surface area contributed by atoms with Crippen LogP contribution >= 0.6 is 0 Å². The normalized spacial score (nSPS) is 29.2. The van der Waals surface area contributed by atoms with E-state index in [1.54, 1.807) is 0 Å². The summed E-state index contributed by atoms with van der Waals surface area (Å²) in [6.45, 7) is 11.1. The van der Waals surface area contributed by atoms with E-state index in [0.29, 0.717) is 17.7 Å². The summed E-state index contributed by atoms with van der Waals surface area (Å²) in [4.78, 5) is 14.7. The van der Waals surface area contributed by atoms with Crippen LogP contribution in [0.4, 0.5) is 0 Å². The highest BCUT2D eigenvalue weighted by Crippen LogP contribution is 2.27. The second-order valence-corrected chi connectivity index (χ2v) is 7.60. The topological polar surface area (TPSA) is 32.3 Å². The van der Waals surface area contributed by atoms with Gasteiger partial charge in [-0.1, -0.05) is 20.8 Å². The summed E-state index contributed by atoms with van der Waals surface area (Å²) in [5, 5.41) is 3.47. The Morgan fingerprint density at radius 1 is 1.10 bits per heavy atom. The number of carbonyl (C=O) groups excluding carboxylic acids is 1. The molecule has 2 saturated heterocycles. The third-order valence-electron chi connectivity index (χ3n) is 5.70. The molecule has 2 fully saturated rings. The summed E-state index contributed by atoms with van der Waals surface area (Å²) >= 11 is 0. The summed E-state index contributed by atoms with van der Waals surface area (Å²) in [7, 11) is 0. The van der Waals surface area contributed by atoms with Gasteiger partial charge in [0.2, 0.25) is 5.91 Å². The molecule has 1 amide bonds. The Kier molecular flexibility index (Phi) is 6.53. The fraction of sp³-hybridized carbons (Fsp3) is 0.944. The molecular weight excluding hydrogens is 260 g/mol. The highest BCUT2D eigenvalue weighted by Gasteiger charge is 2.26. The largest absolute Gasteiger partial charge is 0.343 e. The molecule has 3 nitrogen and oxygen atoms in total. The lowest BCUT2D eigenvalue weighted by atomic mass is 9.85. The monoisotopic (exact) mass is 294 g/mol. The molecule has 3 atom stereocenters. The van der Waals surface area contributed by atoms with Crippen LogP contribution < -0.4 is 5.32 Å². The third-order valence-corrected chi connectivity index (χ3v) is 5.70. The van der Waals surface area contributed by atoms with Gasteiger partial charge >= 0.3 is 0 Å². The third kappa shape index (κ3) is 4.98. The number of hydrogen-bond donors (Lipinski definition) is 1. The number of nitrogens with one attached hydrogen (secondary N) is 1. The molecule has 0 saturated carbocycles. The van der Waals surface area contributed by atoms with E-state index in [0.717, 1.165) is 44.4 Å². The van der Waals surface area contributed by atoms with Gasteiger partial charge in [0, 0.05) is 19.5 Å². The van der Waals surface area contributed by atoms with Crippen LogP contribution in [0.5, 0.6) is 0 Å². The van der Waals surface area contributed by atoms with Crippen molar-refractivity contribution in [3.63, 3.8) is 0 Å². The molecule has 2 aliphatic rings. The molecule has 1 N–H and O–H groups in total. The molecular formula is C18H34N2O. The highest BCUT2D eigenvalue weighted by atomic mass is 16.2. The predicted octanol–water partition coefficient (Wildman–Crippen LogP) is 3.30. The van der Waals surface area contributed by atoms with E-state index in [4.69, 9.17) is 0 Å². The molecule has 2 rings (SSSR count). The van der Waals surface area contributed by atoms with Crippen molar-refractivity contribution in [2.24, 2.45) is 23.7 Å². The van der Waals surface area contributed by atoms with Gasteiger partial charge in [0.1, 0.15) is 0 Å². The smallest absolute Gasteiger partial charge is 0.222 e. The summed E-state index contributed by atoms with van der Waals surface area (Å²) < 4.78 is 0. The molecule has 0 spiro atoms. The van der Waals surface area contributed by atoms with E-state index in [1.165, 1.54) is 32.1 Å². The van der Waals surface area contributed by atoms with Crippen molar-refractivity contribution in [3.05, 3.63) is 0 Å². The van der Waals surface area contributed by atoms with Crippen molar-refractivity contribution in [1.29, 1.82) is 0 Å². The fourth-order valence-electron chi connectivity index (χ4n) is 3.97. The minimum atomic E-state index is 0.400. The van der Waals surface area contributed by atoms with Crippen LogP contribution in [0, 0.1) is 23.7 Å². The Labute approximate surface area is 130 Å². The minimum absolute atomic E-state index is 0.400. The van der Waals surface area contributed by atoms with Crippen molar-refractivity contribution >= 4 is 5.91 Å². The van der Waals surface area contributed by atoms with E-state index in [9.17, 15) is 4.79 Å². The lowest BCUT2D eigenvalue weighted by Crippen LogP contribution is -2.37. The van der Waals surface area contributed by atoms with E-state index < -0.39 is 0 Å². The second kappa shape index (κ2) is 8.17. The van der Waals surface area contributed by atoms with Gasteiger partial charge in [-0.25, -0.2) is 0 Å². The second-order valence-electron chi connectivity index (χ2n) is 7.60. The summed E-state index contributed by atoms with van der Waals surface area (Å²) in [5.41, 5.74) is 0. The average Bonchev–Trinajstić information content (AvgIpc) is 2.74. The van der Waals surface area contributed by atoms with Crippen LogP contribution in [-0.2, 0) is 4.79 Å². The number of nitrogens with zero attached hydrogens (tertiary/aromatic N) is 1. The summed E-state index contributed by atoms with van der Waals surface area (Å²) in [6, 6.07) is 0. The first-order valence-corrected chi connectivity index (χ1v) is 9.06. The summed E-state index contributed by atoms with van der Waals surface area (Å²) in [5.74, 6) is 3.18. The number of carbonyl (C=O) groups is 1. The molecule has 21 heavy (non-hydrogen) atoms. The van der Waals surface area contributed by atoms with Crippen LogP contribution in [-0.4, -0.2) is 37.0 Å². The lowest BCUT2D eigenvalue weighted by Gasteiger charge is -2.30. The minimum Gasteiger partial charge on any atom is -0.343 e. The molecule has 2 heterocycles. The number of rotatable bonds is 4. The van der Waals surface area contributed by atoms with Gasteiger partial charge in [-0.15, -0.1) is 0 Å². The highest BCUT2D eigenvalue weighted by molar-refractivity contribution is 5.76. The molecule has 0 bridgehead atoms. The molecule has 3 heteroatoms. The van der Waals surface area contributed by atoms with Gasteiger partial charge in [-0.05, 0) is 68.9 Å². The Morgan fingerprint density at radius 3 is 2.52 bits per heavy atom. The van der Waals surface area contributed by atoms with Crippen LogP contribution in [0.3, 0.4) is 0 Å². The number of likely N-dealkylation sites (tertiary alicyclic amines) is 1. The number of piperidine rings is 1. The molecule has 0 aromatic rings. The van der Waals surface area contributed by atoms with Gasteiger partial charge in [-0.2, -0.15) is 0 Å². The zero-order chi connectivity index (χ0) is 15.2. The Hall–Kier alpha value is -0.570. The van der Waals surface area contributed by atoms with E-state index in [-0.39, 0.29) is 0 Å². The van der Waals surface area contributed by atoms with Gasteiger partial charge < -0.3 is 10.2 Å². The van der Waals surface area contributed by atoms with E-state index >= 15 is 0 Å². The van der Waals surface area contributed by atoms with E-state index in [2.05, 4.69) is 31.0 Å². The zero-order valence-electron chi connectivity index (χ0n) is 14.2. The van der Waals surface area contributed by atoms with Crippen molar-refractivity contribution < 1.29 is 4.79 Å². The molecule has 0 aromatic heterocycles. The van der Waals surface area contributed by atoms with Crippen LogP contribution in [0.1, 0.15) is 59.3 Å². The number of hydrogen-bond acceptors (Lipinski definition) is 2. The maximum Gasteiger partial charge on any atom is 0.222 e. The van der Waals surface area contributed by atoms with E-state index in [1.807, 2.05) is 0 Å². The maximum atomic E-state index is 12.6. The van der Waals surface area contributed by atoms with Crippen molar-refractivity contribution in [3.8, 4) is 0 Å². The van der Waals surface area contributed by atoms with Gasteiger partial charge in [0.25, 0.3) is 0 Å². The first-order chi connectivity index (χ1) is 10.1. The Bertz CT molecular complexity index is 323. The van der Waals surface area contributed by atoms with Gasteiger partial charge in [0.15, 0.2) is 0 Å². The standard InChI is InChI=1S/C18H34N2O/c1-14(2)16-7-5-10-20(11-8-16)18(21)12-15(3)17-6-4-9-19-13-17/h14-17,19H,4-13H2,1-3H3. The van der Waals surface area contributed by atoms with Gasteiger partial charge in [-0.3, -0.25) is 4.79 Å². The first-order valence-electron chi connectivity index (χ1n) is 9.06. The van der Waals surface area contributed by atoms with Crippen LogP contribution in [0.2, 0.25) is 0 Å². The predicted molar refractivity (Wildman–Crippen MR) is 88.1 cm³/mol. The molecule has 122 valence electrons. The Balaban J connectivity index is 1.79. The molecule has 0 radical (unpaired) electrons. The quantitative estimate of drug-likeness (QED) is 0.863. The molecule has 0 aromatic carbocycles. The maximum absolute atomic E-state index is 12.6. The zero-order valence-corrected chi connectivity index (χ0v) is 14.2. The van der Waals surface area contributed by atoms with Crippen molar-refractivity contribution in [2.75, 3.05) is 26.2 Å². The lowest BCUT2D eigenvalue weighted by molar-refractivity contribution is -0.132. The first kappa shape index (κ1) is 16.8. The Morgan fingerprint density at radius 2 is 1.86 bits per heavy atom. The fourth-order valence-corrected chi connectivity index (χ4v) is 3.97. The van der Waals surface area contributed by atoms with Gasteiger partial charge in [0.05, 0.1) is 0 Å². The SMILES string of the molecule is CC(C)C1CCCN(C(=O)CC(C)C2CCCNC2)CC1. The summed E-state index contributed by atoms with van der Waals surface area (Å²) in [6.07, 6.45) is 6.98. The molecule has 2 aliphatic heterocycles.